The van der Waals surface area contributed by atoms with Gasteiger partial charge in [0.05, 0.1) is 10.6 Å². The minimum Gasteiger partial charge on any atom is -0.508 e. The monoisotopic (exact) mass is 301 g/mol. The number of halogens is 2. The number of phenolic OH excluding ortho intramolecular Hbond substituents is 1. The fourth-order valence-corrected chi connectivity index (χ4v) is 2.97. The van der Waals surface area contributed by atoms with Crippen LogP contribution in [0.3, 0.4) is 0 Å². The number of carbonyl (C=O) groups is 1. The van der Waals surface area contributed by atoms with E-state index in [9.17, 15) is 9.90 Å². The molecule has 0 radical (unpaired) electrons. The second kappa shape index (κ2) is 6.49. The van der Waals surface area contributed by atoms with Crippen LogP contribution in [0, 0.1) is 5.92 Å². The van der Waals surface area contributed by atoms with E-state index in [-0.39, 0.29) is 17.0 Å². The van der Waals surface area contributed by atoms with Gasteiger partial charge in [0.25, 0.3) is 5.91 Å². The highest BCUT2D eigenvalue weighted by molar-refractivity contribution is 6.33. The summed E-state index contributed by atoms with van der Waals surface area (Å²) in [5, 5.41) is 12.7. The third kappa shape index (κ3) is 3.77. The van der Waals surface area contributed by atoms with E-state index in [4.69, 9.17) is 23.2 Å². The summed E-state index contributed by atoms with van der Waals surface area (Å²) in [6, 6.07) is 4.34. The molecular weight excluding hydrogens is 285 g/mol. The lowest BCUT2D eigenvalue weighted by Crippen LogP contribution is -2.34. The molecule has 1 aliphatic rings. The first-order valence-corrected chi connectivity index (χ1v) is 7.30. The van der Waals surface area contributed by atoms with Crippen molar-refractivity contribution >= 4 is 29.1 Å². The minimum absolute atomic E-state index is 0.0300. The van der Waals surface area contributed by atoms with E-state index in [1.54, 1.807) is 0 Å². The predicted octanol–water partition coefficient (Wildman–Crippen LogP) is 3.57. The smallest absolute Gasteiger partial charge is 0.252 e. The summed E-state index contributed by atoms with van der Waals surface area (Å²) in [4.78, 5) is 12.0. The second-order valence-corrected chi connectivity index (χ2v) is 5.90. The summed E-state index contributed by atoms with van der Waals surface area (Å²) in [7, 11) is 0. The first-order chi connectivity index (χ1) is 9.08. The Morgan fingerprint density at radius 2 is 2.11 bits per heavy atom. The SMILES string of the molecule is O=C(NCC1CCCCC1Cl)c1cc(O)ccc1Cl. The van der Waals surface area contributed by atoms with E-state index in [2.05, 4.69) is 5.32 Å². The zero-order valence-electron chi connectivity index (χ0n) is 10.5. The van der Waals surface area contributed by atoms with E-state index in [0.29, 0.717) is 23.0 Å². The molecule has 0 aromatic heterocycles. The number of rotatable bonds is 3. The van der Waals surface area contributed by atoms with E-state index < -0.39 is 0 Å². The molecule has 104 valence electrons. The summed E-state index contributed by atoms with van der Waals surface area (Å²) in [6.45, 7) is 0.555. The average molecular weight is 302 g/mol. The van der Waals surface area contributed by atoms with Gasteiger partial charge in [0.1, 0.15) is 5.75 Å². The van der Waals surface area contributed by atoms with Crippen molar-refractivity contribution in [2.45, 2.75) is 31.1 Å². The van der Waals surface area contributed by atoms with Crippen molar-refractivity contribution in [3.63, 3.8) is 0 Å². The molecule has 1 aliphatic carbocycles. The number of amides is 1. The van der Waals surface area contributed by atoms with Crippen molar-refractivity contribution < 1.29 is 9.90 Å². The van der Waals surface area contributed by atoms with Crippen molar-refractivity contribution in [1.29, 1.82) is 0 Å². The Kier molecular flexibility index (Phi) is 4.94. The number of phenols is 1. The molecule has 0 aliphatic heterocycles. The molecule has 1 fully saturated rings. The first kappa shape index (κ1) is 14.5. The molecule has 2 rings (SSSR count). The predicted molar refractivity (Wildman–Crippen MR) is 77.0 cm³/mol. The summed E-state index contributed by atoms with van der Waals surface area (Å²) < 4.78 is 0. The molecule has 1 amide bonds. The average Bonchev–Trinajstić information content (AvgIpc) is 2.40. The van der Waals surface area contributed by atoms with E-state index in [1.807, 2.05) is 0 Å². The normalized spacial score (nSPS) is 23.1. The zero-order valence-corrected chi connectivity index (χ0v) is 12.0. The van der Waals surface area contributed by atoms with Crippen LogP contribution in [0.4, 0.5) is 0 Å². The Balaban J connectivity index is 1.95. The van der Waals surface area contributed by atoms with Gasteiger partial charge in [-0.25, -0.2) is 0 Å². The third-order valence-corrected chi connectivity index (χ3v) is 4.44. The number of alkyl halides is 1. The van der Waals surface area contributed by atoms with E-state index >= 15 is 0 Å². The Hall–Kier alpha value is -0.930. The van der Waals surface area contributed by atoms with Crippen LogP contribution in [0.2, 0.25) is 5.02 Å². The Bertz CT molecular complexity index is 465. The summed E-state index contributed by atoms with van der Waals surface area (Å²) in [5.74, 6) is 0.0771. The highest BCUT2D eigenvalue weighted by Crippen LogP contribution is 2.28. The Morgan fingerprint density at radius 3 is 2.84 bits per heavy atom. The zero-order chi connectivity index (χ0) is 13.8. The van der Waals surface area contributed by atoms with Crippen LogP contribution < -0.4 is 5.32 Å². The van der Waals surface area contributed by atoms with Gasteiger partial charge in [0.2, 0.25) is 0 Å². The van der Waals surface area contributed by atoms with Crippen molar-refractivity contribution in [2.75, 3.05) is 6.54 Å². The summed E-state index contributed by atoms with van der Waals surface area (Å²) in [6.07, 6.45) is 4.38. The lowest BCUT2D eigenvalue weighted by molar-refractivity contribution is 0.0944. The van der Waals surface area contributed by atoms with Crippen molar-refractivity contribution in [1.82, 2.24) is 5.32 Å². The van der Waals surface area contributed by atoms with Crippen LogP contribution in [0.1, 0.15) is 36.0 Å². The number of hydrogen-bond acceptors (Lipinski definition) is 2. The maximum absolute atomic E-state index is 12.0. The number of aromatic hydroxyl groups is 1. The molecular formula is C14H17Cl2NO2. The fourth-order valence-electron chi connectivity index (χ4n) is 2.40. The molecule has 5 heteroatoms. The highest BCUT2D eigenvalue weighted by Gasteiger charge is 2.23. The van der Waals surface area contributed by atoms with Crippen LogP contribution >= 0.6 is 23.2 Å². The maximum Gasteiger partial charge on any atom is 0.252 e. The van der Waals surface area contributed by atoms with Crippen LogP contribution in [-0.4, -0.2) is 22.9 Å². The number of nitrogens with one attached hydrogen (secondary N) is 1. The third-order valence-electron chi connectivity index (χ3n) is 3.54. The van der Waals surface area contributed by atoms with Gasteiger partial charge >= 0.3 is 0 Å². The van der Waals surface area contributed by atoms with Crippen LogP contribution in [-0.2, 0) is 0 Å². The Labute approximate surface area is 122 Å². The second-order valence-electron chi connectivity index (χ2n) is 4.93. The van der Waals surface area contributed by atoms with E-state index in [1.165, 1.54) is 18.2 Å². The van der Waals surface area contributed by atoms with Crippen molar-refractivity contribution in [2.24, 2.45) is 5.92 Å². The molecule has 1 aromatic rings. The van der Waals surface area contributed by atoms with Crippen molar-refractivity contribution in [3.8, 4) is 5.75 Å². The summed E-state index contributed by atoms with van der Waals surface area (Å²) >= 11 is 12.2. The minimum atomic E-state index is -0.268. The van der Waals surface area contributed by atoms with Gasteiger partial charge in [0, 0.05) is 11.9 Å². The lowest BCUT2D eigenvalue weighted by Gasteiger charge is -2.27. The van der Waals surface area contributed by atoms with Gasteiger partial charge in [-0.05, 0) is 37.0 Å². The lowest BCUT2D eigenvalue weighted by atomic mass is 9.88. The van der Waals surface area contributed by atoms with Crippen LogP contribution in [0.25, 0.3) is 0 Å². The molecule has 1 aromatic carbocycles. The van der Waals surface area contributed by atoms with Crippen LogP contribution in [0.15, 0.2) is 18.2 Å². The molecule has 1 saturated carbocycles. The van der Waals surface area contributed by atoms with Gasteiger partial charge in [-0.2, -0.15) is 0 Å². The molecule has 0 spiro atoms. The quantitative estimate of drug-likeness (QED) is 0.839. The Morgan fingerprint density at radius 1 is 1.37 bits per heavy atom. The molecule has 3 nitrogen and oxygen atoms in total. The first-order valence-electron chi connectivity index (χ1n) is 6.48. The number of hydrogen-bond donors (Lipinski definition) is 2. The molecule has 0 saturated heterocycles. The van der Waals surface area contributed by atoms with Gasteiger partial charge in [-0.1, -0.05) is 24.4 Å². The number of carbonyl (C=O) groups excluding carboxylic acids is 1. The molecule has 0 heterocycles. The van der Waals surface area contributed by atoms with Gasteiger partial charge in [0.15, 0.2) is 0 Å². The molecule has 2 atom stereocenters. The van der Waals surface area contributed by atoms with Crippen molar-refractivity contribution in [3.05, 3.63) is 28.8 Å². The molecule has 2 N–H and O–H groups in total. The standard InChI is InChI=1S/C14H17Cl2NO2/c15-12-4-2-1-3-9(12)8-17-14(19)11-7-10(18)5-6-13(11)16/h5-7,9,12,18H,1-4,8H2,(H,17,19). The summed E-state index contributed by atoms with van der Waals surface area (Å²) in [5.41, 5.74) is 0.295. The van der Waals surface area contributed by atoms with Gasteiger partial charge in [-0.15, -0.1) is 11.6 Å². The largest absolute Gasteiger partial charge is 0.508 e. The van der Waals surface area contributed by atoms with Gasteiger partial charge < -0.3 is 10.4 Å². The topological polar surface area (TPSA) is 49.3 Å². The van der Waals surface area contributed by atoms with E-state index in [0.717, 1.165) is 25.7 Å². The fraction of sp³-hybridized carbons (Fsp3) is 0.500. The molecule has 19 heavy (non-hydrogen) atoms. The molecule has 0 bridgehead atoms. The van der Waals surface area contributed by atoms with Crippen LogP contribution in [0.5, 0.6) is 5.75 Å². The molecule has 2 unspecified atom stereocenters. The maximum atomic E-state index is 12.0. The highest BCUT2D eigenvalue weighted by atomic mass is 35.5. The number of benzene rings is 1. The van der Waals surface area contributed by atoms with Gasteiger partial charge in [-0.3, -0.25) is 4.79 Å².